The zero-order chi connectivity index (χ0) is 12.4. The topological polar surface area (TPSA) is 79.8 Å². The molecule has 2 amide bonds. The zero-order valence-electron chi connectivity index (χ0n) is 9.61. The zero-order valence-corrected chi connectivity index (χ0v) is 9.61. The summed E-state index contributed by atoms with van der Waals surface area (Å²) >= 11 is 0. The number of nitrogens with one attached hydrogen (secondary N) is 2. The van der Waals surface area contributed by atoms with Crippen molar-refractivity contribution in [2.45, 2.75) is 6.04 Å². The van der Waals surface area contributed by atoms with Crippen molar-refractivity contribution in [2.24, 2.45) is 0 Å². The molecule has 1 fully saturated rings. The van der Waals surface area contributed by atoms with Crippen LogP contribution in [0.2, 0.25) is 0 Å². The van der Waals surface area contributed by atoms with Gasteiger partial charge >= 0.3 is 6.03 Å². The summed E-state index contributed by atoms with van der Waals surface area (Å²) in [6.07, 6.45) is 0. The van der Waals surface area contributed by atoms with E-state index in [2.05, 4.69) is 10.6 Å². The van der Waals surface area contributed by atoms with Gasteiger partial charge in [0.2, 0.25) is 0 Å². The first-order valence-electron chi connectivity index (χ1n) is 5.15. The first-order valence-corrected chi connectivity index (χ1v) is 5.15. The third kappa shape index (κ3) is 2.06. The second-order valence-electron chi connectivity index (χ2n) is 3.67. The van der Waals surface area contributed by atoms with Crippen LogP contribution in [0.1, 0.15) is 11.6 Å². The molecule has 6 heteroatoms. The molecule has 0 aliphatic carbocycles. The van der Waals surface area contributed by atoms with Crippen LogP contribution in [0.3, 0.4) is 0 Å². The number of benzene rings is 1. The highest BCUT2D eigenvalue weighted by atomic mass is 16.5. The number of urea groups is 1. The fourth-order valence-corrected chi connectivity index (χ4v) is 1.90. The largest absolute Gasteiger partial charge is 0.508 e. The molecule has 1 aromatic carbocycles. The Morgan fingerprint density at radius 3 is 2.29 bits per heavy atom. The van der Waals surface area contributed by atoms with Gasteiger partial charge in [0.1, 0.15) is 17.2 Å². The van der Waals surface area contributed by atoms with E-state index in [1.807, 2.05) is 0 Å². The summed E-state index contributed by atoms with van der Waals surface area (Å²) in [6, 6.07) is 2.52. The summed E-state index contributed by atoms with van der Waals surface area (Å²) in [5.74, 6) is 1.02. The van der Waals surface area contributed by atoms with E-state index < -0.39 is 0 Å². The number of hydrogen-bond donors (Lipinski definition) is 3. The maximum atomic E-state index is 11.1. The first kappa shape index (κ1) is 11.4. The van der Waals surface area contributed by atoms with E-state index in [0.29, 0.717) is 23.6 Å². The number of aromatic hydroxyl groups is 1. The van der Waals surface area contributed by atoms with Gasteiger partial charge in [-0.15, -0.1) is 0 Å². The molecule has 2 rings (SSSR count). The van der Waals surface area contributed by atoms with Crippen molar-refractivity contribution in [3.05, 3.63) is 17.7 Å². The lowest BCUT2D eigenvalue weighted by molar-refractivity contribution is 0.247. The van der Waals surface area contributed by atoms with E-state index in [1.54, 1.807) is 0 Å². The average molecular weight is 238 g/mol. The highest BCUT2D eigenvalue weighted by molar-refractivity contribution is 5.77. The van der Waals surface area contributed by atoms with Crippen LogP contribution in [0.25, 0.3) is 0 Å². The number of amides is 2. The molecule has 0 aromatic heterocycles. The van der Waals surface area contributed by atoms with Crippen LogP contribution in [-0.4, -0.2) is 31.9 Å². The minimum absolute atomic E-state index is 0.0553. The molecule has 92 valence electrons. The normalized spacial score (nSPS) is 18.5. The smallest absolute Gasteiger partial charge is 0.315 e. The van der Waals surface area contributed by atoms with E-state index in [1.165, 1.54) is 26.4 Å². The molecule has 0 radical (unpaired) electrons. The predicted octanol–water partition coefficient (Wildman–Crippen LogP) is 0.763. The number of carbonyl (C=O) groups excluding carboxylic acids is 1. The molecular formula is C11H14N2O4. The highest BCUT2D eigenvalue weighted by Crippen LogP contribution is 2.38. The van der Waals surface area contributed by atoms with Crippen molar-refractivity contribution in [3.8, 4) is 17.2 Å². The molecule has 1 aromatic rings. The van der Waals surface area contributed by atoms with Crippen molar-refractivity contribution in [1.29, 1.82) is 0 Å². The summed E-state index contributed by atoms with van der Waals surface area (Å²) in [4.78, 5) is 11.1. The van der Waals surface area contributed by atoms with Gasteiger partial charge < -0.3 is 25.2 Å². The van der Waals surface area contributed by atoms with E-state index in [9.17, 15) is 9.90 Å². The lowest BCUT2D eigenvalue weighted by atomic mass is 10.0. The molecule has 6 nitrogen and oxygen atoms in total. The number of phenols is 1. The summed E-state index contributed by atoms with van der Waals surface area (Å²) in [5, 5.41) is 14.9. The maximum Gasteiger partial charge on any atom is 0.315 e. The SMILES string of the molecule is COc1cc(O)cc(OC)c1[C@H]1CNC(=O)N1. The molecular weight excluding hydrogens is 224 g/mol. The van der Waals surface area contributed by atoms with E-state index in [4.69, 9.17) is 9.47 Å². The Morgan fingerprint density at radius 2 is 1.88 bits per heavy atom. The van der Waals surface area contributed by atoms with Crippen molar-refractivity contribution < 1.29 is 19.4 Å². The predicted molar refractivity (Wildman–Crippen MR) is 60.5 cm³/mol. The van der Waals surface area contributed by atoms with Crippen LogP contribution in [0, 0.1) is 0 Å². The van der Waals surface area contributed by atoms with Crippen molar-refractivity contribution >= 4 is 6.03 Å². The summed E-state index contributed by atoms with van der Waals surface area (Å²) in [5.41, 5.74) is 0.714. The van der Waals surface area contributed by atoms with Gasteiger partial charge in [0.15, 0.2) is 0 Å². The fraction of sp³-hybridized carbons (Fsp3) is 0.364. The van der Waals surface area contributed by atoms with Crippen LogP contribution < -0.4 is 20.1 Å². The van der Waals surface area contributed by atoms with E-state index in [0.717, 1.165) is 0 Å². The maximum absolute atomic E-state index is 11.1. The Hall–Kier alpha value is -2.11. The number of carbonyl (C=O) groups is 1. The van der Waals surface area contributed by atoms with E-state index >= 15 is 0 Å². The molecule has 1 heterocycles. The minimum Gasteiger partial charge on any atom is -0.508 e. The Labute approximate surface area is 98.5 Å². The number of rotatable bonds is 3. The lowest BCUT2D eigenvalue weighted by Crippen LogP contribution is -2.22. The van der Waals surface area contributed by atoms with Gasteiger partial charge in [0.25, 0.3) is 0 Å². The minimum atomic E-state index is -0.229. The average Bonchev–Trinajstić information content (AvgIpc) is 2.74. The van der Waals surface area contributed by atoms with Gasteiger partial charge in [-0.1, -0.05) is 0 Å². The second kappa shape index (κ2) is 4.40. The van der Waals surface area contributed by atoms with Crippen LogP contribution in [-0.2, 0) is 0 Å². The quantitative estimate of drug-likeness (QED) is 0.726. The Morgan fingerprint density at radius 1 is 1.29 bits per heavy atom. The molecule has 0 unspecified atom stereocenters. The summed E-state index contributed by atoms with van der Waals surface area (Å²) in [6.45, 7) is 0.455. The molecule has 1 aliphatic rings. The molecule has 1 atom stereocenters. The highest BCUT2D eigenvalue weighted by Gasteiger charge is 2.28. The van der Waals surface area contributed by atoms with Gasteiger partial charge in [0, 0.05) is 18.7 Å². The van der Waals surface area contributed by atoms with Crippen molar-refractivity contribution in [2.75, 3.05) is 20.8 Å². The second-order valence-corrected chi connectivity index (χ2v) is 3.67. The van der Waals surface area contributed by atoms with Gasteiger partial charge in [-0.2, -0.15) is 0 Å². The van der Waals surface area contributed by atoms with Gasteiger partial charge in [-0.3, -0.25) is 0 Å². The van der Waals surface area contributed by atoms with E-state index in [-0.39, 0.29) is 17.8 Å². The van der Waals surface area contributed by atoms with Crippen molar-refractivity contribution in [1.82, 2.24) is 10.6 Å². The number of hydrogen-bond acceptors (Lipinski definition) is 4. The van der Waals surface area contributed by atoms with Crippen LogP contribution in [0.5, 0.6) is 17.2 Å². The van der Waals surface area contributed by atoms with Crippen LogP contribution in [0.15, 0.2) is 12.1 Å². The third-order valence-corrected chi connectivity index (χ3v) is 2.65. The third-order valence-electron chi connectivity index (χ3n) is 2.65. The number of methoxy groups -OCH3 is 2. The van der Waals surface area contributed by atoms with Crippen molar-refractivity contribution in [3.63, 3.8) is 0 Å². The Bertz CT molecular complexity index is 422. The first-order chi connectivity index (χ1) is 8.15. The molecule has 0 saturated carbocycles. The number of phenolic OH excluding ortho intramolecular Hbond substituents is 1. The Kier molecular flexibility index (Phi) is 2.95. The van der Waals surface area contributed by atoms with Gasteiger partial charge in [-0.25, -0.2) is 4.79 Å². The Balaban J connectivity index is 2.46. The van der Waals surface area contributed by atoms with Crippen LogP contribution in [0.4, 0.5) is 4.79 Å². The molecule has 1 aliphatic heterocycles. The monoisotopic (exact) mass is 238 g/mol. The molecule has 17 heavy (non-hydrogen) atoms. The summed E-state index contributed by atoms with van der Waals surface area (Å²) in [7, 11) is 3.00. The number of ether oxygens (including phenoxy) is 2. The van der Waals surface area contributed by atoms with Gasteiger partial charge in [-0.05, 0) is 0 Å². The lowest BCUT2D eigenvalue weighted by Gasteiger charge is -2.17. The summed E-state index contributed by atoms with van der Waals surface area (Å²) < 4.78 is 10.4. The molecule has 0 spiro atoms. The van der Waals surface area contributed by atoms with Gasteiger partial charge in [0.05, 0.1) is 25.8 Å². The molecule has 1 saturated heterocycles. The molecule has 3 N–H and O–H groups in total. The standard InChI is InChI=1S/C11H14N2O4/c1-16-8-3-6(14)4-9(17-2)10(8)7-5-12-11(15)13-7/h3-4,7,14H,5H2,1-2H3,(H2,12,13,15)/t7-/m1/s1. The molecule has 0 bridgehead atoms. The van der Waals surface area contributed by atoms with Crippen LogP contribution >= 0.6 is 0 Å². The fourth-order valence-electron chi connectivity index (χ4n) is 1.90.